The van der Waals surface area contributed by atoms with Gasteiger partial charge in [-0.2, -0.15) is 5.26 Å². The topological polar surface area (TPSA) is 77.8 Å². The van der Waals surface area contributed by atoms with Gasteiger partial charge in [0.15, 0.2) is 5.82 Å². The van der Waals surface area contributed by atoms with Crippen molar-refractivity contribution < 1.29 is 4.79 Å². The number of amides is 1. The fraction of sp³-hybridized carbons (Fsp3) is 0.0714. The molecule has 6 heteroatoms. The molecule has 2 N–H and O–H groups in total. The summed E-state index contributed by atoms with van der Waals surface area (Å²) in [6.45, 7) is 1.44. The number of carbonyl (C=O) groups excluding carboxylic acids is 1. The van der Waals surface area contributed by atoms with E-state index in [1.165, 1.54) is 13.1 Å². The van der Waals surface area contributed by atoms with E-state index < -0.39 is 0 Å². The first kappa shape index (κ1) is 13.8. The summed E-state index contributed by atoms with van der Waals surface area (Å²) in [7, 11) is 0. The van der Waals surface area contributed by atoms with Crippen LogP contribution in [0, 0.1) is 11.3 Å². The molecular formula is C14H11ClN4O. The predicted octanol–water partition coefficient (Wildman–Crippen LogP) is 3.31. The van der Waals surface area contributed by atoms with E-state index >= 15 is 0 Å². The molecule has 2 aromatic rings. The molecule has 0 saturated carbocycles. The van der Waals surface area contributed by atoms with Crippen molar-refractivity contribution >= 4 is 34.7 Å². The lowest BCUT2D eigenvalue weighted by atomic mass is 10.2. The largest absolute Gasteiger partial charge is 0.339 e. The molecule has 0 aliphatic carbocycles. The van der Waals surface area contributed by atoms with Crippen LogP contribution >= 0.6 is 11.6 Å². The Kier molecular flexibility index (Phi) is 4.18. The molecular weight excluding hydrogens is 276 g/mol. The van der Waals surface area contributed by atoms with Gasteiger partial charge in [0.25, 0.3) is 0 Å². The summed E-state index contributed by atoms with van der Waals surface area (Å²) in [5, 5.41) is 14.9. The van der Waals surface area contributed by atoms with Crippen LogP contribution in [0.25, 0.3) is 0 Å². The molecule has 0 fully saturated rings. The van der Waals surface area contributed by atoms with E-state index in [1.54, 1.807) is 24.3 Å². The Morgan fingerprint density at radius 2 is 2.10 bits per heavy atom. The first-order valence-electron chi connectivity index (χ1n) is 5.79. The number of pyridine rings is 1. The Morgan fingerprint density at radius 3 is 2.80 bits per heavy atom. The van der Waals surface area contributed by atoms with Gasteiger partial charge in [0, 0.05) is 24.5 Å². The second-order valence-electron chi connectivity index (χ2n) is 4.02. The van der Waals surface area contributed by atoms with Crippen LogP contribution in [0.4, 0.5) is 17.2 Å². The molecule has 0 bridgehead atoms. The number of hydrogen-bond donors (Lipinski definition) is 2. The average Bonchev–Trinajstić information content (AvgIpc) is 2.41. The molecule has 2 rings (SSSR count). The van der Waals surface area contributed by atoms with Crippen molar-refractivity contribution in [2.75, 3.05) is 10.6 Å². The van der Waals surface area contributed by atoms with Gasteiger partial charge in [-0.3, -0.25) is 4.79 Å². The van der Waals surface area contributed by atoms with E-state index in [9.17, 15) is 4.79 Å². The first-order valence-corrected chi connectivity index (χ1v) is 6.17. The number of benzene rings is 1. The van der Waals surface area contributed by atoms with Crippen molar-refractivity contribution in [1.82, 2.24) is 4.98 Å². The van der Waals surface area contributed by atoms with Crippen LogP contribution in [-0.2, 0) is 4.79 Å². The zero-order valence-electron chi connectivity index (χ0n) is 10.6. The highest BCUT2D eigenvalue weighted by Gasteiger charge is 2.07. The van der Waals surface area contributed by atoms with Gasteiger partial charge in [-0.15, -0.1) is 0 Å². The predicted molar refractivity (Wildman–Crippen MR) is 78.0 cm³/mol. The number of anilines is 3. The number of hydrogen-bond acceptors (Lipinski definition) is 4. The van der Waals surface area contributed by atoms with Crippen LogP contribution in [-0.4, -0.2) is 10.9 Å². The third-order valence-electron chi connectivity index (χ3n) is 2.46. The lowest BCUT2D eigenvalue weighted by Gasteiger charge is -2.09. The van der Waals surface area contributed by atoms with Crippen molar-refractivity contribution in [2.45, 2.75) is 6.92 Å². The average molecular weight is 287 g/mol. The Bertz CT molecular complexity index is 694. The fourth-order valence-corrected chi connectivity index (χ4v) is 1.83. The van der Waals surface area contributed by atoms with Crippen molar-refractivity contribution in [3.63, 3.8) is 0 Å². The van der Waals surface area contributed by atoms with Crippen LogP contribution in [0.5, 0.6) is 0 Å². The van der Waals surface area contributed by atoms with Gasteiger partial charge in [0.1, 0.15) is 11.1 Å². The van der Waals surface area contributed by atoms with Gasteiger partial charge in [-0.05, 0) is 24.3 Å². The molecule has 0 aliphatic heterocycles. The van der Waals surface area contributed by atoms with Gasteiger partial charge >= 0.3 is 0 Å². The number of halogens is 1. The standard InChI is InChI=1S/C14H11ClN4O/c1-9(20)18-11-3-2-4-12(7-11)19-14-13(15)10(8-16)5-6-17-14/h2-7H,1H3,(H,17,19)(H,18,20). The molecule has 5 nitrogen and oxygen atoms in total. The molecule has 0 atom stereocenters. The third-order valence-corrected chi connectivity index (χ3v) is 2.84. The molecule has 20 heavy (non-hydrogen) atoms. The molecule has 0 aliphatic rings. The van der Waals surface area contributed by atoms with E-state index in [0.29, 0.717) is 22.8 Å². The molecule has 100 valence electrons. The van der Waals surface area contributed by atoms with Gasteiger partial charge in [-0.25, -0.2) is 4.98 Å². The summed E-state index contributed by atoms with van der Waals surface area (Å²) in [6.07, 6.45) is 1.50. The minimum Gasteiger partial charge on any atom is -0.339 e. The summed E-state index contributed by atoms with van der Waals surface area (Å²) in [4.78, 5) is 15.1. The Hall–Kier alpha value is -2.58. The Morgan fingerprint density at radius 1 is 1.35 bits per heavy atom. The number of nitriles is 1. The first-order chi connectivity index (χ1) is 9.60. The van der Waals surface area contributed by atoms with Crippen molar-refractivity contribution in [1.29, 1.82) is 5.26 Å². The molecule has 0 radical (unpaired) electrons. The highest BCUT2D eigenvalue weighted by Crippen LogP contribution is 2.27. The number of carbonyl (C=O) groups is 1. The highest BCUT2D eigenvalue weighted by molar-refractivity contribution is 6.34. The minimum atomic E-state index is -0.148. The quantitative estimate of drug-likeness (QED) is 0.907. The van der Waals surface area contributed by atoms with Gasteiger partial charge in [-0.1, -0.05) is 17.7 Å². The molecule has 1 amide bonds. The molecule has 0 saturated heterocycles. The maximum absolute atomic E-state index is 11.0. The summed E-state index contributed by atoms with van der Waals surface area (Å²) in [6, 6.07) is 10.6. The fourth-order valence-electron chi connectivity index (χ4n) is 1.63. The molecule has 0 unspecified atom stereocenters. The highest BCUT2D eigenvalue weighted by atomic mass is 35.5. The van der Waals surface area contributed by atoms with Crippen molar-refractivity contribution in [3.8, 4) is 6.07 Å². The number of nitrogens with one attached hydrogen (secondary N) is 2. The third kappa shape index (κ3) is 3.25. The van der Waals surface area contributed by atoms with Gasteiger partial charge in [0.2, 0.25) is 5.91 Å². The van der Waals surface area contributed by atoms with E-state index in [4.69, 9.17) is 16.9 Å². The normalized spacial score (nSPS) is 9.65. The lowest BCUT2D eigenvalue weighted by molar-refractivity contribution is -0.114. The molecule has 0 spiro atoms. The summed E-state index contributed by atoms with van der Waals surface area (Å²) in [5.74, 6) is 0.246. The maximum Gasteiger partial charge on any atom is 0.221 e. The van der Waals surface area contributed by atoms with E-state index in [0.717, 1.165) is 0 Å². The zero-order valence-corrected chi connectivity index (χ0v) is 11.4. The van der Waals surface area contributed by atoms with Crippen LogP contribution < -0.4 is 10.6 Å². The van der Waals surface area contributed by atoms with E-state index in [-0.39, 0.29) is 10.9 Å². The van der Waals surface area contributed by atoms with Crippen molar-refractivity contribution in [2.24, 2.45) is 0 Å². The number of nitrogens with zero attached hydrogens (tertiary/aromatic N) is 2. The molecule has 1 heterocycles. The zero-order chi connectivity index (χ0) is 14.5. The summed E-state index contributed by atoms with van der Waals surface area (Å²) >= 11 is 6.07. The Labute approximate surface area is 121 Å². The van der Waals surface area contributed by atoms with Crippen LogP contribution in [0.2, 0.25) is 5.02 Å². The van der Waals surface area contributed by atoms with Crippen LogP contribution in [0.1, 0.15) is 12.5 Å². The number of aromatic nitrogens is 1. The summed E-state index contributed by atoms with van der Waals surface area (Å²) < 4.78 is 0. The van der Waals surface area contributed by atoms with E-state index in [1.807, 2.05) is 12.1 Å². The van der Waals surface area contributed by atoms with Crippen molar-refractivity contribution in [3.05, 3.63) is 47.1 Å². The van der Waals surface area contributed by atoms with Gasteiger partial charge in [0.05, 0.1) is 5.56 Å². The van der Waals surface area contributed by atoms with Crippen LogP contribution in [0.15, 0.2) is 36.5 Å². The second kappa shape index (κ2) is 6.04. The molecule has 1 aromatic carbocycles. The SMILES string of the molecule is CC(=O)Nc1cccc(Nc2nccc(C#N)c2Cl)c1. The van der Waals surface area contributed by atoms with Gasteiger partial charge < -0.3 is 10.6 Å². The minimum absolute atomic E-state index is 0.148. The van der Waals surface area contributed by atoms with Crippen LogP contribution in [0.3, 0.4) is 0 Å². The summed E-state index contributed by atoms with van der Waals surface area (Å²) in [5.41, 5.74) is 1.72. The maximum atomic E-state index is 11.0. The smallest absolute Gasteiger partial charge is 0.221 e. The van der Waals surface area contributed by atoms with E-state index in [2.05, 4.69) is 15.6 Å². The second-order valence-corrected chi connectivity index (χ2v) is 4.40. The number of rotatable bonds is 3. The lowest BCUT2D eigenvalue weighted by Crippen LogP contribution is -2.05. The molecule has 1 aromatic heterocycles. The Balaban J connectivity index is 2.27. The monoisotopic (exact) mass is 286 g/mol.